The third-order valence-corrected chi connectivity index (χ3v) is 3.64. The average Bonchev–Trinajstić information content (AvgIpc) is 2.43. The molecule has 0 saturated heterocycles. The zero-order chi connectivity index (χ0) is 15.4. The van der Waals surface area contributed by atoms with Gasteiger partial charge in [0.15, 0.2) is 0 Å². The highest BCUT2D eigenvalue weighted by Crippen LogP contribution is 2.33. The molecule has 2 nitrogen and oxygen atoms in total. The van der Waals surface area contributed by atoms with E-state index in [4.69, 9.17) is 16.3 Å². The van der Waals surface area contributed by atoms with Crippen molar-refractivity contribution < 1.29 is 9.13 Å². The first-order valence-corrected chi connectivity index (χ1v) is 7.77. The molecule has 2 rings (SSSR count). The molecule has 0 aliphatic heterocycles. The molecule has 0 saturated carbocycles. The van der Waals surface area contributed by atoms with Crippen LogP contribution in [0.4, 0.5) is 4.39 Å². The van der Waals surface area contributed by atoms with E-state index in [1.807, 2.05) is 19.9 Å². The number of ether oxygens (including phenoxy) is 1. The second-order valence-electron chi connectivity index (χ2n) is 4.96. The number of hydrogen-bond acceptors (Lipinski definition) is 2. The lowest BCUT2D eigenvalue weighted by atomic mass is 10.2. The number of benzene rings is 2. The number of rotatable bonds is 5. The molecule has 0 bridgehead atoms. The second-order valence-corrected chi connectivity index (χ2v) is 6.29. The Balaban J connectivity index is 2.28. The molecule has 0 aliphatic rings. The zero-order valence-corrected chi connectivity index (χ0v) is 14.1. The standard InChI is InChI=1S/C16H16BrClFNO/c1-10(2)20-9-11-7-13(19)4-6-15(11)21-16-8-12(17)3-5-14(16)18/h3-8,10,20H,9H2,1-2H3. The summed E-state index contributed by atoms with van der Waals surface area (Å²) < 4.78 is 20.1. The van der Waals surface area contributed by atoms with E-state index >= 15 is 0 Å². The Bertz CT molecular complexity index is 634. The molecule has 112 valence electrons. The van der Waals surface area contributed by atoms with E-state index < -0.39 is 0 Å². The first-order chi connectivity index (χ1) is 9.95. The van der Waals surface area contributed by atoms with Crippen LogP contribution in [0.1, 0.15) is 19.4 Å². The van der Waals surface area contributed by atoms with Gasteiger partial charge in [-0.3, -0.25) is 0 Å². The van der Waals surface area contributed by atoms with Crippen molar-refractivity contribution in [2.75, 3.05) is 0 Å². The summed E-state index contributed by atoms with van der Waals surface area (Å²) in [4.78, 5) is 0. The van der Waals surface area contributed by atoms with Crippen LogP contribution in [0, 0.1) is 5.82 Å². The Labute approximate surface area is 137 Å². The Hall–Kier alpha value is -1.10. The molecule has 0 fully saturated rings. The Morgan fingerprint density at radius 2 is 1.95 bits per heavy atom. The molecule has 0 heterocycles. The van der Waals surface area contributed by atoms with Crippen LogP contribution in [0.3, 0.4) is 0 Å². The monoisotopic (exact) mass is 371 g/mol. The van der Waals surface area contributed by atoms with Crippen LogP contribution >= 0.6 is 27.5 Å². The molecule has 2 aromatic rings. The molecule has 0 unspecified atom stereocenters. The number of hydrogen-bond donors (Lipinski definition) is 1. The summed E-state index contributed by atoms with van der Waals surface area (Å²) in [5, 5.41) is 3.76. The molecule has 1 N–H and O–H groups in total. The van der Waals surface area contributed by atoms with Gasteiger partial charge in [-0.05, 0) is 36.4 Å². The molecular formula is C16H16BrClFNO. The normalized spacial score (nSPS) is 11.0. The summed E-state index contributed by atoms with van der Waals surface area (Å²) in [6.45, 7) is 4.59. The van der Waals surface area contributed by atoms with Crippen molar-refractivity contribution in [3.8, 4) is 11.5 Å². The Morgan fingerprint density at radius 1 is 1.19 bits per heavy atom. The van der Waals surface area contributed by atoms with E-state index in [0.717, 1.165) is 10.0 Å². The fourth-order valence-electron chi connectivity index (χ4n) is 1.77. The summed E-state index contributed by atoms with van der Waals surface area (Å²) in [7, 11) is 0. The van der Waals surface area contributed by atoms with E-state index in [1.165, 1.54) is 12.1 Å². The average molecular weight is 373 g/mol. The number of nitrogens with one attached hydrogen (secondary N) is 1. The van der Waals surface area contributed by atoms with Crippen LogP contribution in [-0.2, 0) is 6.54 Å². The fourth-order valence-corrected chi connectivity index (χ4v) is 2.27. The first kappa shape index (κ1) is 16.3. The van der Waals surface area contributed by atoms with Crippen LogP contribution in [0.15, 0.2) is 40.9 Å². The molecule has 0 aliphatic carbocycles. The molecule has 0 radical (unpaired) electrons. The van der Waals surface area contributed by atoms with Crippen LogP contribution in [0.2, 0.25) is 5.02 Å². The predicted octanol–water partition coefficient (Wildman–Crippen LogP) is 5.53. The van der Waals surface area contributed by atoms with Gasteiger partial charge in [0, 0.05) is 22.6 Å². The molecule has 2 aromatic carbocycles. The van der Waals surface area contributed by atoms with E-state index in [2.05, 4.69) is 21.2 Å². The highest BCUT2D eigenvalue weighted by atomic mass is 79.9. The van der Waals surface area contributed by atoms with Crippen molar-refractivity contribution in [2.24, 2.45) is 0 Å². The minimum atomic E-state index is -0.289. The van der Waals surface area contributed by atoms with Gasteiger partial charge in [0.1, 0.15) is 17.3 Å². The van der Waals surface area contributed by atoms with Gasteiger partial charge < -0.3 is 10.1 Å². The summed E-state index contributed by atoms with van der Waals surface area (Å²) in [5.41, 5.74) is 0.750. The van der Waals surface area contributed by atoms with Gasteiger partial charge >= 0.3 is 0 Å². The quantitative estimate of drug-likeness (QED) is 0.745. The van der Waals surface area contributed by atoms with Crippen LogP contribution < -0.4 is 10.1 Å². The maximum absolute atomic E-state index is 13.4. The van der Waals surface area contributed by atoms with Gasteiger partial charge in [-0.25, -0.2) is 4.39 Å². The predicted molar refractivity (Wildman–Crippen MR) is 87.6 cm³/mol. The van der Waals surface area contributed by atoms with Gasteiger partial charge in [-0.2, -0.15) is 0 Å². The molecule has 21 heavy (non-hydrogen) atoms. The van der Waals surface area contributed by atoms with Gasteiger partial charge in [-0.1, -0.05) is 41.4 Å². The van der Waals surface area contributed by atoms with Crippen molar-refractivity contribution >= 4 is 27.5 Å². The summed E-state index contributed by atoms with van der Waals surface area (Å²) >= 11 is 9.50. The highest BCUT2D eigenvalue weighted by molar-refractivity contribution is 9.10. The third-order valence-electron chi connectivity index (χ3n) is 2.84. The second kappa shape index (κ2) is 7.25. The van der Waals surface area contributed by atoms with Gasteiger partial charge in [0.05, 0.1) is 5.02 Å². The molecule has 5 heteroatoms. The minimum Gasteiger partial charge on any atom is -0.455 e. The van der Waals surface area contributed by atoms with Gasteiger partial charge in [0.2, 0.25) is 0 Å². The highest BCUT2D eigenvalue weighted by Gasteiger charge is 2.10. The van der Waals surface area contributed by atoms with Gasteiger partial charge in [-0.15, -0.1) is 0 Å². The van der Waals surface area contributed by atoms with Crippen molar-refractivity contribution in [3.63, 3.8) is 0 Å². The fraction of sp³-hybridized carbons (Fsp3) is 0.250. The largest absolute Gasteiger partial charge is 0.455 e. The zero-order valence-electron chi connectivity index (χ0n) is 11.8. The topological polar surface area (TPSA) is 21.3 Å². The Kier molecular flexibility index (Phi) is 5.62. The Morgan fingerprint density at radius 3 is 2.67 bits per heavy atom. The van der Waals surface area contributed by atoms with Crippen LogP contribution in [0.25, 0.3) is 0 Å². The minimum absolute atomic E-state index is 0.289. The summed E-state index contributed by atoms with van der Waals surface area (Å²) in [6, 6.07) is 10.1. The molecule has 0 atom stereocenters. The summed E-state index contributed by atoms with van der Waals surface area (Å²) in [6.07, 6.45) is 0. The van der Waals surface area contributed by atoms with E-state index in [-0.39, 0.29) is 5.82 Å². The molecule has 0 aromatic heterocycles. The lowest BCUT2D eigenvalue weighted by Gasteiger charge is -2.14. The lowest BCUT2D eigenvalue weighted by molar-refractivity contribution is 0.466. The maximum atomic E-state index is 13.4. The SMILES string of the molecule is CC(C)NCc1cc(F)ccc1Oc1cc(Br)ccc1Cl. The number of halogens is 3. The van der Waals surface area contributed by atoms with Crippen molar-refractivity contribution in [2.45, 2.75) is 26.4 Å². The van der Waals surface area contributed by atoms with Gasteiger partial charge in [0.25, 0.3) is 0 Å². The van der Waals surface area contributed by atoms with Crippen molar-refractivity contribution in [1.29, 1.82) is 0 Å². The van der Waals surface area contributed by atoms with Crippen LogP contribution in [-0.4, -0.2) is 6.04 Å². The molecule has 0 spiro atoms. The first-order valence-electron chi connectivity index (χ1n) is 6.60. The van der Waals surface area contributed by atoms with Crippen molar-refractivity contribution in [1.82, 2.24) is 5.32 Å². The smallest absolute Gasteiger partial charge is 0.147 e. The van der Waals surface area contributed by atoms with E-state index in [9.17, 15) is 4.39 Å². The lowest BCUT2D eigenvalue weighted by Crippen LogP contribution is -2.22. The van der Waals surface area contributed by atoms with Crippen molar-refractivity contribution in [3.05, 3.63) is 57.3 Å². The third kappa shape index (κ3) is 4.70. The maximum Gasteiger partial charge on any atom is 0.147 e. The van der Waals surface area contributed by atoms with Crippen LogP contribution in [0.5, 0.6) is 11.5 Å². The van der Waals surface area contributed by atoms with E-state index in [0.29, 0.717) is 29.1 Å². The summed E-state index contributed by atoms with van der Waals surface area (Å²) in [5.74, 6) is 0.830. The molecule has 0 amide bonds. The molecular weight excluding hydrogens is 357 g/mol. The van der Waals surface area contributed by atoms with E-state index in [1.54, 1.807) is 18.2 Å².